The summed E-state index contributed by atoms with van der Waals surface area (Å²) in [5.41, 5.74) is 0. The Morgan fingerprint density at radius 2 is 1.62 bits per heavy atom. The number of aliphatic hydroxyl groups excluding tert-OH is 1. The average molecular weight is 250 g/mol. The van der Waals surface area contributed by atoms with Gasteiger partial charge in [-0.15, -0.1) is 0 Å². The number of hydrogen-bond acceptors (Lipinski definition) is 5. The fourth-order valence-corrected chi connectivity index (χ4v) is 2.50. The molecule has 0 aromatic carbocycles. The first-order valence-corrected chi connectivity index (χ1v) is 7.80. The van der Waals surface area contributed by atoms with Gasteiger partial charge in [-0.2, -0.15) is 0 Å². The largest absolute Gasteiger partial charge is 0.395 e. The van der Waals surface area contributed by atoms with E-state index in [0.29, 0.717) is 6.54 Å². The first-order chi connectivity index (χ1) is 7.51. The van der Waals surface area contributed by atoms with Crippen LogP contribution in [0.5, 0.6) is 0 Å². The molecule has 6 heteroatoms. The molecular weight excluding hydrogens is 228 g/mol. The smallest absolute Gasteiger partial charge is 0.148 e. The maximum Gasteiger partial charge on any atom is 0.148 e. The number of nitrogens with zero attached hydrogens (tertiary/aromatic N) is 2. The van der Waals surface area contributed by atoms with E-state index < -0.39 is 9.84 Å². The zero-order chi connectivity index (χ0) is 12.0. The van der Waals surface area contributed by atoms with Gasteiger partial charge in [0.25, 0.3) is 0 Å². The number of sulfone groups is 1. The number of rotatable bonds is 5. The molecule has 16 heavy (non-hydrogen) atoms. The van der Waals surface area contributed by atoms with Crippen molar-refractivity contribution in [3.05, 3.63) is 0 Å². The van der Waals surface area contributed by atoms with Gasteiger partial charge in [0.05, 0.1) is 12.4 Å². The van der Waals surface area contributed by atoms with Crippen molar-refractivity contribution >= 4 is 9.84 Å². The van der Waals surface area contributed by atoms with Crippen molar-refractivity contribution in [2.24, 2.45) is 0 Å². The molecule has 0 spiro atoms. The summed E-state index contributed by atoms with van der Waals surface area (Å²) in [6.07, 6.45) is 2.33. The maximum atomic E-state index is 11.1. The first kappa shape index (κ1) is 13.9. The van der Waals surface area contributed by atoms with Gasteiger partial charge in [-0.3, -0.25) is 4.90 Å². The molecule has 0 aromatic heterocycles. The maximum absolute atomic E-state index is 11.1. The standard InChI is InChI=1S/C10H22N2O3S/c1-16(14,15)10-8-12-4-2-3-11(5-6-12)7-9-13/h13H,2-10H2,1H3. The van der Waals surface area contributed by atoms with Crippen molar-refractivity contribution in [1.29, 1.82) is 0 Å². The minimum Gasteiger partial charge on any atom is -0.395 e. The summed E-state index contributed by atoms with van der Waals surface area (Å²) in [5, 5.41) is 8.85. The van der Waals surface area contributed by atoms with E-state index in [1.165, 1.54) is 6.26 Å². The molecule has 0 amide bonds. The van der Waals surface area contributed by atoms with Gasteiger partial charge in [0.2, 0.25) is 0 Å². The summed E-state index contributed by atoms with van der Waals surface area (Å²) in [4.78, 5) is 4.42. The van der Waals surface area contributed by atoms with Gasteiger partial charge in [0.1, 0.15) is 9.84 Å². The van der Waals surface area contributed by atoms with E-state index in [-0.39, 0.29) is 12.4 Å². The molecule has 5 nitrogen and oxygen atoms in total. The Balaban J connectivity index is 2.30. The topological polar surface area (TPSA) is 60.9 Å². The third kappa shape index (κ3) is 5.79. The summed E-state index contributed by atoms with van der Waals surface area (Å²) in [6, 6.07) is 0. The van der Waals surface area contributed by atoms with Crippen molar-refractivity contribution in [1.82, 2.24) is 9.80 Å². The minimum atomic E-state index is -2.85. The zero-order valence-corrected chi connectivity index (χ0v) is 10.7. The normalized spacial score (nSPS) is 20.9. The zero-order valence-electron chi connectivity index (χ0n) is 9.93. The van der Waals surface area contributed by atoms with Crippen LogP contribution in [0.15, 0.2) is 0 Å². The van der Waals surface area contributed by atoms with Crippen molar-refractivity contribution in [3.63, 3.8) is 0 Å². The Morgan fingerprint density at radius 1 is 1.06 bits per heavy atom. The molecule has 0 radical (unpaired) electrons. The van der Waals surface area contributed by atoms with Crippen LogP contribution in [0.3, 0.4) is 0 Å². The quantitative estimate of drug-likeness (QED) is 0.680. The highest BCUT2D eigenvalue weighted by Crippen LogP contribution is 2.02. The van der Waals surface area contributed by atoms with E-state index in [1.54, 1.807) is 0 Å². The molecule has 0 aromatic rings. The van der Waals surface area contributed by atoms with Crippen molar-refractivity contribution in [2.75, 3.05) is 57.9 Å². The molecule has 0 unspecified atom stereocenters. The van der Waals surface area contributed by atoms with Crippen LogP contribution in [-0.2, 0) is 9.84 Å². The molecule has 0 saturated carbocycles. The lowest BCUT2D eigenvalue weighted by Crippen LogP contribution is -2.34. The van der Waals surface area contributed by atoms with Crippen LogP contribution in [0.4, 0.5) is 0 Å². The minimum absolute atomic E-state index is 0.198. The molecule has 1 aliphatic heterocycles. The summed E-state index contributed by atoms with van der Waals surface area (Å²) in [7, 11) is -2.85. The fourth-order valence-electron chi connectivity index (χ4n) is 1.91. The van der Waals surface area contributed by atoms with Gasteiger partial charge in [0, 0.05) is 32.4 Å². The second-order valence-electron chi connectivity index (χ2n) is 4.39. The molecule has 1 saturated heterocycles. The summed E-state index contributed by atoms with van der Waals surface area (Å²) < 4.78 is 22.1. The Hall–Kier alpha value is -0.170. The molecule has 1 aliphatic rings. The van der Waals surface area contributed by atoms with Crippen LogP contribution in [0.2, 0.25) is 0 Å². The van der Waals surface area contributed by atoms with Crippen LogP contribution >= 0.6 is 0 Å². The van der Waals surface area contributed by atoms with E-state index in [9.17, 15) is 8.42 Å². The van der Waals surface area contributed by atoms with Crippen molar-refractivity contribution < 1.29 is 13.5 Å². The first-order valence-electron chi connectivity index (χ1n) is 5.74. The molecule has 96 valence electrons. The summed E-state index contributed by atoms with van der Waals surface area (Å²) in [5.74, 6) is 0.243. The van der Waals surface area contributed by atoms with E-state index in [2.05, 4.69) is 9.80 Å². The van der Waals surface area contributed by atoms with Crippen LogP contribution in [0.1, 0.15) is 6.42 Å². The molecule has 0 atom stereocenters. The van der Waals surface area contributed by atoms with E-state index in [4.69, 9.17) is 5.11 Å². The van der Waals surface area contributed by atoms with Gasteiger partial charge in [0.15, 0.2) is 0 Å². The predicted molar refractivity (Wildman–Crippen MR) is 64.3 cm³/mol. The van der Waals surface area contributed by atoms with Crippen molar-refractivity contribution in [2.45, 2.75) is 6.42 Å². The Morgan fingerprint density at radius 3 is 2.12 bits per heavy atom. The third-order valence-corrected chi connectivity index (χ3v) is 3.80. The SMILES string of the molecule is CS(=O)(=O)CCN1CCCN(CCO)CC1. The highest BCUT2D eigenvalue weighted by atomic mass is 32.2. The van der Waals surface area contributed by atoms with Gasteiger partial charge < -0.3 is 10.0 Å². The molecule has 1 fully saturated rings. The molecular formula is C10H22N2O3S. The van der Waals surface area contributed by atoms with Gasteiger partial charge in [-0.05, 0) is 19.5 Å². The average Bonchev–Trinajstić information content (AvgIpc) is 2.40. The summed E-state index contributed by atoms with van der Waals surface area (Å²) >= 11 is 0. The highest BCUT2D eigenvalue weighted by molar-refractivity contribution is 7.90. The molecule has 1 heterocycles. The van der Waals surface area contributed by atoms with Crippen LogP contribution in [-0.4, -0.2) is 81.2 Å². The second-order valence-corrected chi connectivity index (χ2v) is 6.65. The van der Waals surface area contributed by atoms with E-state index >= 15 is 0 Å². The van der Waals surface area contributed by atoms with Crippen LogP contribution < -0.4 is 0 Å². The molecule has 0 bridgehead atoms. The highest BCUT2D eigenvalue weighted by Gasteiger charge is 2.15. The molecule has 0 aliphatic carbocycles. The van der Waals surface area contributed by atoms with Gasteiger partial charge in [-0.1, -0.05) is 0 Å². The van der Waals surface area contributed by atoms with Gasteiger partial charge >= 0.3 is 0 Å². The Bertz CT molecular complexity index is 292. The second kappa shape index (κ2) is 6.54. The molecule has 1 rings (SSSR count). The third-order valence-electron chi connectivity index (χ3n) is 2.88. The lowest BCUT2D eigenvalue weighted by molar-refractivity contribution is 0.198. The lowest BCUT2D eigenvalue weighted by atomic mass is 10.4. The Kier molecular flexibility index (Phi) is 5.68. The van der Waals surface area contributed by atoms with E-state index in [0.717, 1.165) is 39.1 Å². The Labute approximate surface area is 98.0 Å². The van der Waals surface area contributed by atoms with Crippen molar-refractivity contribution in [3.8, 4) is 0 Å². The monoisotopic (exact) mass is 250 g/mol. The number of aliphatic hydroxyl groups is 1. The lowest BCUT2D eigenvalue weighted by Gasteiger charge is -2.20. The summed E-state index contributed by atoms with van der Waals surface area (Å²) in [6.45, 7) is 5.32. The van der Waals surface area contributed by atoms with Gasteiger partial charge in [-0.25, -0.2) is 8.42 Å². The van der Waals surface area contributed by atoms with Crippen LogP contribution in [0, 0.1) is 0 Å². The molecule has 1 N–H and O–H groups in total. The number of hydrogen-bond donors (Lipinski definition) is 1. The number of β-amino-alcohol motifs (C(OH)–C–C–N with tert-alkyl or cyclic N) is 1. The fraction of sp³-hybridized carbons (Fsp3) is 1.00. The van der Waals surface area contributed by atoms with E-state index in [1.807, 2.05) is 0 Å². The van der Waals surface area contributed by atoms with Crippen LogP contribution in [0.25, 0.3) is 0 Å². The predicted octanol–water partition coefficient (Wildman–Crippen LogP) is -0.969.